The van der Waals surface area contributed by atoms with E-state index in [2.05, 4.69) is 14.7 Å². The van der Waals surface area contributed by atoms with E-state index in [0.717, 1.165) is 11.7 Å². The van der Waals surface area contributed by atoms with E-state index >= 15 is 0 Å². The Morgan fingerprint density at radius 2 is 2.60 bits per heavy atom. The first-order valence-corrected chi connectivity index (χ1v) is 4.54. The molecule has 0 N–H and O–H groups in total. The van der Waals surface area contributed by atoms with Gasteiger partial charge >= 0.3 is 0 Å². The standard InChI is InChI=1S/C4H4N4S2/c1-4(6-7-10-1)8-3-9-2-5-8/h1-2H,3H2. The normalized spacial score (nSPS) is 16.6. The van der Waals surface area contributed by atoms with Crippen molar-refractivity contribution in [3.8, 4) is 0 Å². The van der Waals surface area contributed by atoms with Crippen LogP contribution >= 0.6 is 23.3 Å². The summed E-state index contributed by atoms with van der Waals surface area (Å²) in [6.45, 7) is 0. The number of anilines is 1. The molecule has 1 aromatic rings. The van der Waals surface area contributed by atoms with Crippen LogP contribution in [0.15, 0.2) is 10.5 Å². The molecule has 0 bridgehead atoms. The highest BCUT2D eigenvalue weighted by Gasteiger charge is 2.10. The van der Waals surface area contributed by atoms with Crippen LogP contribution in [0.4, 0.5) is 5.82 Å². The van der Waals surface area contributed by atoms with E-state index in [-0.39, 0.29) is 0 Å². The summed E-state index contributed by atoms with van der Waals surface area (Å²) in [5, 5.41) is 11.6. The molecule has 0 spiro atoms. The van der Waals surface area contributed by atoms with Crippen LogP contribution in [0.5, 0.6) is 0 Å². The van der Waals surface area contributed by atoms with Crippen LogP contribution in [0.2, 0.25) is 0 Å². The Hall–Kier alpha value is -0.620. The van der Waals surface area contributed by atoms with E-state index in [1.807, 2.05) is 10.4 Å². The molecule has 4 nitrogen and oxygen atoms in total. The third-order valence-electron chi connectivity index (χ3n) is 1.07. The monoisotopic (exact) mass is 172 g/mol. The zero-order valence-electron chi connectivity index (χ0n) is 4.97. The molecule has 0 amide bonds. The molecule has 0 radical (unpaired) electrons. The summed E-state index contributed by atoms with van der Waals surface area (Å²) in [5.41, 5.74) is 1.80. The highest BCUT2D eigenvalue weighted by Crippen LogP contribution is 2.18. The van der Waals surface area contributed by atoms with Crippen molar-refractivity contribution in [1.29, 1.82) is 0 Å². The molecular formula is C4H4N4S2. The Morgan fingerprint density at radius 3 is 3.20 bits per heavy atom. The minimum absolute atomic E-state index is 0.839. The predicted octanol–water partition coefficient (Wildman–Crippen LogP) is 0.992. The van der Waals surface area contributed by atoms with E-state index in [4.69, 9.17) is 0 Å². The SMILES string of the molecule is C1=NN(c2csnn2)CS1. The lowest BCUT2D eigenvalue weighted by atomic mass is 10.8. The van der Waals surface area contributed by atoms with Gasteiger partial charge in [-0.05, 0) is 11.5 Å². The van der Waals surface area contributed by atoms with Crippen molar-refractivity contribution in [3.63, 3.8) is 0 Å². The van der Waals surface area contributed by atoms with Crippen LogP contribution in [-0.4, -0.2) is 21.0 Å². The van der Waals surface area contributed by atoms with Crippen molar-refractivity contribution < 1.29 is 0 Å². The molecule has 1 aliphatic heterocycles. The Balaban J connectivity index is 2.20. The summed E-state index contributed by atoms with van der Waals surface area (Å²) >= 11 is 2.99. The maximum absolute atomic E-state index is 4.05. The fourth-order valence-corrected chi connectivity index (χ4v) is 1.65. The fraction of sp³-hybridized carbons (Fsp3) is 0.250. The first-order chi connectivity index (χ1) is 4.97. The zero-order valence-corrected chi connectivity index (χ0v) is 6.60. The Morgan fingerprint density at radius 1 is 1.60 bits per heavy atom. The van der Waals surface area contributed by atoms with Gasteiger partial charge in [0, 0.05) is 0 Å². The molecule has 0 aliphatic carbocycles. The largest absolute Gasteiger partial charge is 0.235 e. The fourth-order valence-electron chi connectivity index (χ4n) is 0.625. The van der Waals surface area contributed by atoms with Crippen LogP contribution in [0, 0.1) is 0 Å². The third kappa shape index (κ3) is 0.994. The van der Waals surface area contributed by atoms with Gasteiger partial charge in [-0.1, -0.05) is 16.3 Å². The van der Waals surface area contributed by atoms with Crippen molar-refractivity contribution in [1.82, 2.24) is 9.59 Å². The summed E-state index contributed by atoms with van der Waals surface area (Å²) in [6, 6.07) is 0. The quantitative estimate of drug-likeness (QED) is 0.633. The maximum atomic E-state index is 4.05. The maximum Gasteiger partial charge on any atom is 0.184 e. The molecule has 0 saturated heterocycles. The molecule has 1 aromatic heterocycles. The van der Waals surface area contributed by atoms with Crippen molar-refractivity contribution in [3.05, 3.63) is 5.38 Å². The van der Waals surface area contributed by atoms with Crippen molar-refractivity contribution in [2.75, 3.05) is 10.9 Å². The second-order valence-electron chi connectivity index (χ2n) is 1.68. The van der Waals surface area contributed by atoms with Crippen LogP contribution in [0.25, 0.3) is 0 Å². The molecule has 0 atom stereocenters. The van der Waals surface area contributed by atoms with Gasteiger partial charge in [0.2, 0.25) is 0 Å². The van der Waals surface area contributed by atoms with Crippen molar-refractivity contribution in [2.45, 2.75) is 0 Å². The minimum Gasteiger partial charge on any atom is -0.235 e. The van der Waals surface area contributed by atoms with Crippen LogP contribution in [0.3, 0.4) is 0 Å². The summed E-state index contributed by atoms with van der Waals surface area (Å²) in [5.74, 6) is 1.69. The van der Waals surface area contributed by atoms with Gasteiger partial charge in [0.05, 0.1) is 16.8 Å². The highest BCUT2D eigenvalue weighted by molar-refractivity contribution is 8.12. The van der Waals surface area contributed by atoms with Crippen molar-refractivity contribution >= 4 is 34.7 Å². The topological polar surface area (TPSA) is 41.4 Å². The average Bonchev–Trinajstić information content (AvgIpc) is 2.59. The Kier molecular flexibility index (Phi) is 1.56. The molecular weight excluding hydrogens is 168 g/mol. The lowest BCUT2D eigenvalue weighted by Gasteiger charge is -2.05. The van der Waals surface area contributed by atoms with E-state index in [9.17, 15) is 0 Å². The second-order valence-corrected chi connectivity index (χ2v) is 3.09. The minimum atomic E-state index is 0.839. The molecule has 10 heavy (non-hydrogen) atoms. The number of hydrogen-bond acceptors (Lipinski definition) is 6. The van der Waals surface area contributed by atoms with Gasteiger partial charge in [-0.3, -0.25) is 0 Å². The molecule has 0 fully saturated rings. The van der Waals surface area contributed by atoms with Gasteiger partial charge in [-0.25, -0.2) is 5.01 Å². The molecule has 2 rings (SSSR count). The van der Waals surface area contributed by atoms with E-state index in [0.29, 0.717) is 0 Å². The highest BCUT2D eigenvalue weighted by atomic mass is 32.2. The first kappa shape index (κ1) is 6.11. The van der Waals surface area contributed by atoms with Gasteiger partial charge in [0.15, 0.2) is 5.82 Å². The average molecular weight is 172 g/mol. The number of hydrogen-bond donors (Lipinski definition) is 0. The molecule has 2 heterocycles. The molecule has 0 aromatic carbocycles. The molecule has 1 aliphatic rings. The van der Waals surface area contributed by atoms with Crippen LogP contribution in [0.1, 0.15) is 0 Å². The van der Waals surface area contributed by atoms with Crippen LogP contribution < -0.4 is 5.01 Å². The molecule has 52 valence electrons. The Labute approximate surface area is 66.1 Å². The number of rotatable bonds is 1. The predicted molar refractivity (Wildman–Crippen MR) is 43.3 cm³/mol. The van der Waals surface area contributed by atoms with Gasteiger partial charge in [-0.15, -0.1) is 5.10 Å². The summed E-state index contributed by atoms with van der Waals surface area (Å²) in [4.78, 5) is 0. The summed E-state index contributed by atoms with van der Waals surface area (Å²) in [7, 11) is 0. The number of aromatic nitrogens is 2. The number of thioether (sulfide) groups is 1. The zero-order chi connectivity index (χ0) is 6.81. The van der Waals surface area contributed by atoms with Gasteiger partial charge in [0.1, 0.15) is 0 Å². The lowest BCUT2D eigenvalue weighted by Crippen LogP contribution is -2.10. The van der Waals surface area contributed by atoms with Crippen molar-refractivity contribution in [2.24, 2.45) is 5.10 Å². The van der Waals surface area contributed by atoms with Gasteiger partial charge in [-0.2, -0.15) is 5.10 Å². The molecule has 6 heteroatoms. The van der Waals surface area contributed by atoms with E-state index in [1.54, 1.807) is 17.3 Å². The molecule has 0 unspecified atom stereocenters. The second kappa shape index (κ2) is 2.55. The third-order valence-corrected chi connectivity index (χ3v) is 2.20. The first-order valence-electron chi connectivity index (χ1n) is 2.65. The lowest BCUT2D eigenvalue weighted by molar-refractivity contribution is 0.957. The van der Waals surface area contributed by atoms with Gasteiger partial charge < -0.3 is 0 Å². The number of nitrogens with zero attached hydrogens (tertiary/aromatic N) is 4. The summed E-state index contributed by atoms with van der Waals surface area (Å²) in [6.07, 6.45) is 0. The van der Waals surface area contributed by atoms with Crippen LogP contribution in [-0.2, 0) is 0 Å². The van der Waals surface area contributed by atoms with E-state index < -0.39 is 0 Å². The smallest absolute Gasteiger partial charge is 0.184 e. The molecule has 0 saturated carbocycles. The van der Waals surface area contributed by atoms with Gasteiger partial charge in [0.25, 0.3) is 0 Å². The van der Waals surface area contributed by atoms with E-state index in [1.165, 1.54) is 11.5 Å². The Bertz CT molecular complexity index is 231. The number of hydrazone groups is 1. The summed E-state index contributed by atoms with van der Waals surface area (Å²) < 4.78 is 3.73.